The molecule has 0 fully saturated rings. The van der Waals surface area contributed by atoms with E-state index in [4.69, 9.17) is 0 Å². The van der Waals surface area contributed by atoms with Crippen molar-refractivity contribution in [3.63, 3.8) is 0 Å². The molecule has 9 aromatic carbocycles. The van der Waals surface area contributed by atoms with E-state index in [1.54, 1.807) is 0 Å². The normalized spacial score (nSPS) is 13.8. The number of benzene rings is 9. The van der Waals surface area contributed by atoms with Crippen LogP contribution in [0.1, 0.15) is 0 Å². The first-order chi connectivity index (χ1) is 27.3. The summed E-state index contributed by atoms with van der Waals surface area (Å²) in [7, 11) is -3.09. The Labute approximate surface area is 319 Å². The van der Waals surface area contributed by atoms with Crippen molar-refractivity contribution in [2.75, 3.05) is 0 Å². The molecular weight excluding hydrogens is 681 g/mol. The van der Waals surface area contributed by atoms with Crippen molar-refractivity contribution in [3.05, 3.63) is 206 Å². The van der Waals surface area contributed by atoms with Gasteiger partial charge in [0.1, 0.15) is 0 Å². The zero-order chi connectivity index (χ0) is 36.1. The molecule has 1 aliphatic rings. The molecule has 12 rings (SSSR count). The Morgan fingerprint density at radius 3 is 1.44 bits per heavy atom. The molecule has 258 valence electrons. The summed E-state index contributed by atoms with van der Waals surface area (Å²) >= 11 is 0. The fourth-order valence-electron chi connectivity index (χ4n) is 10.3. The molecule has 0 aliphatic carbocycles. The predicted molar refractivity (Wildman–Crippen MR) is 237 cm³/mol. The van der Waals surface area contributed by atoms with Gasteiger partial charge in [-0.2, -0.15) is 0 Å². The summed E-state index contributed by atoms with van der Waals surface area (Å²) in [5.41, 5.74) is 9.98. The van der Waals surface area contributed by atoms with Gasteiger partial charge in [-0.25, -0.2) is 0 Å². The molecule has 0 bridgehead atoms. The van der Waals surface area contributed by atoms with Gasteiger partial charge in [0, 0.05) is 0 Å². The molecule has 0 unspecified atom stereocenters. The third-order valence-electron chi connectivity index (χ3n) is 12.5. The number of aromatic nitrogens is 2. The second-order valence-electron chi connectivity index (χ2n) is 15.2. The standard InChI is InChI=1S/C52H35N2Si/c1-3-17-39(18-4-1)55(40-19-5-2-6-20-40)51-26-14-11-23-43(51)44-30-29-38(32-52(44)55)54-48-25-13-10-22-42(48)46-33-49-45(34-50(46)54)41-21-9-12-24-47(41)53(49)37-28-27-35-15-7-8-16-36(35)31-37/h1-34,55H/q-1. The van der Waals surface area contributed by atoms with Crippen LogP contribution in [0.3, 0.4) is 0 Å². The fourth-order valence-corrected chi connectivity index (χ4v) is 16.3. The van der Waals surface area contributed by atoms with Crippen molar-refractivity contribution in [2.24, 2.45) is 0 Å². The summed E-state index contributed by atoms with van der Waals surface area (Å²) < 4.78 is 4.98. The first-order valence-electron chi connectivity index (χ1n) is 19.3. The van der Waals surface area contributed by atoms with Crippen LogP contribution in [0.2, 0.25) is 0 Å². The molecule has 0 saturated heterocycles. The molecule has 3 heteroatoms. The van der Waals surface area contributed by atoms with Crippen LogP contribution in [0.25, 0.3) is 76.9 Å². The Hall–Kier alpha value is -6.94. The van der Waals surface area contributed by atoms with Crippen molar-refractivity contribution < 1.29 is 0 Å². The van der Waals surface area contributed by atoms with Crippen molar-refractivity contribution in [2.45, 2.75) is 0 Å². The Morgan fingerprint density at radius 2 is 0.782 bits per heavy atom. The molecule has 11 aromatic rings. The number of hydrogen-bond donors (Lipinski definition) is 0. The Kier molecular flexibility index (Phi) is 6.39. The van der Waals surface area contributed by atoms with E-state index >= 15 is 0 Å². The minimum absolute atomic E-state index is 1.18. The van der Waals surface area contributed by atoms with Crippen LogP contribution >= 0.6 is 0 Å². The number of hydrogen-bond acceptors (Lipinski definition) is 0. The van der Waals surface area contributed by atoms with Crippen molar-refractivity contribution in [3.8, 4) is 22.5 Å². The first kappa shape index (κ1) is 30.5. The van der Waals surface area contributed by atoms with E-state index in [1.165, 1.54) is 97.6 Å². The van der Waals surface area contributed by atoms with E-state index in [0.717, 1.165) is 0 Å². The van der Waals surface area contributed by atoms with E-state index in [-0.39, 0.29) is 0 Å². The number of para-hydroxylation sites is 2. The second-order valence-corrected chi connectivity index (χ2v) is 19.5. The molecule has 0 atom stereocenters. The van der Waals surface area contributed by atoms with Gasteiger partial charge in [0.2, 0.25) is 0 Å². The average molecular weight is 716 g/mol. The van der Waals surface area contributed by atoms with Gasteiger partial charge in [-0.05, 0) is 5.39 Å². The van der Waals surface area contributed by atoms with Gasteiger partial charge in [-0.1, -0.05) is 24.3 Å². The molecule has 0 saturated carbocycles. The van der Waals surface area contributed by atoms with Crippen LogP contribution in [0, 0.1) is 0 Å². The third kappa shape index (κ3) is 4.19. The van der Waals surface area contributed by atoms with Gasteiger partial charge in [-0.15, -0.1) is 0 Å². The zero-order valence-corrected chi connectivity index (χ0v) is 31.3. The van der Waals surface area contributed by atoms with Gasteiger partial charge < -0.3 is 0 Å². The Morgan fingerprint density at radius 1 is 0.291 bits per heavy atom. The quantitative estimate of drug-likeness (QED) is 0.161. The zero-order valence-electron chi connectivity index (χ0n) is 30.1. The van der Waals surface area contributed by atoms with Crippen LogP contribution in [-0.4, -0.2) is 17.2 Å². The Bertz CT molecular complexity index is 3280. The molecule has 0 amide bonds. The van der Waals surface area contributed by atoms with Crippen molar-refractivity contribution in [1.82, 2.24) is 9.13 Å². The van der Waals surface area contributed by atoms with Gasteiger partial charge >= 0.3 is 291 Å². The third-order valence-corrected chi connectivity index (χ3v) is 18.2. The number of rotatable bonds is 4. The maximum atomic E-state index is 2.55. The molecule has 1 aliphatic heterocycles. The van der Waals surface area contributed by atoms with E-state index in [9.17, 15) is 0 Å². The number of nitrogens with zero attached hydrogens (tertiary/aromatic N) is 2. The minimum atomic E-state index is -3.09. The van der Waals surface area contributed by atoms with Crippen LogP contribution in [0.5, 0.6) is 0 Å². The summed E-state index contributed by atoms with van der Waals surface area (Å²) in [4.78, 5) is 0. The van der Waals surface area contributed by atoms with Crippen LogP contribution in [0.4, 0.5) is 0 Å². The summed E-state index contributed by atoms with van der Waals surface area (Å²) in [5, 5.41) is 13.4. The summed E-state index contributed by atoms with van der Waals surface area (Å²) in [5.74, 6) is 0. The summed E-state index contributed by atoms with van der Waals surface area (Å²) in [6.07, 6.45) is 0. The topological polar surface area (TPSA) is 9.86 Å². The van der Waals surface area contributed by atoms with Crippen LogP contribution in [-0.2, 0) is 0 Å². The predicted octanol–water partition coefficient (Wildman–Crippen LogP) is 10.1. The van der Waals surface area contributed by atoms with Crippen LogP contribution < -0.4 is 20.7 Å². The van der Waals surface area contributed by atoms with Gasteiger partial charge in [-0.3, -0.25) is 0 Å². The molecular formula is C52H35N2Si-. The molecule has 2 aromatic heterocycles. The first-order valence-corrected chi connectivity index (χ1v) is 21.6. The maximum absolute atomic E-state index is 3.09. The van der Waals surface area contributed by atoms with Crippen molar-refractivity contribution in [1.29, 1.82) is 0 Å². The van der Waals surface area contributed by atoms with E-state index < -0.39 is 8.07 Å². The SMILES string of the molecule is c1ccc([SiH-]2(c3ccccc3)c3ccccc3-c3ccc(-n4c5ccccc5c5cc6c(cc54)c4ccccc4n6-c4ccc5ccccc5c4)cc32)cc1. The average Bonchev–Trinajstić information content (AvgIpc) is 3.87. The molecule has 0 radical (unpaired) electrons. The Balaban J connectivity index is 1.16. The second kappa shape index (κ2) is 11.5. The number of fused-ring (bicyclic) bond motifs is 10. The van der Waals surface area contributed by atoms with E-state index in [1.807, 2.05) is 0 Å². The van der Waals surface area contributed by atoms with Gasteiger partial charge in [0.15, 0.2) is 0 Å². The van der Waals surface area contributed by atoms with E-state index in [0.29, 0.717) is 0 Å². The molecule has 2 nitrogen and oxygen atoms in total. The summed E-state index contributed by atoms with van der Waals surface area (Å²) in [6.45, 7) is 0. The van der Waals surface area contributed by atoms with Crippen molar-refractivity contribution >= 4 is 83.2 Å². The van der Waals surface area contributed by atoms with Crippen LogP contribution in [0.15, 0.2) is 206 Å². The fraction of sp³-hybridized carbons (Fsp3) is 0. The summed E-state index contributed by atoms with van der Waals surface area (Å²) in [6, 6.07) is 77.3. The van der Waals surface area contributed by atoms with E-state index in [2.05, 4.69) is 215 Å². The monoisotopic (exact) mass is 715 g/mol. The van der Waals surface area contributed by atoms with Gasteiger partial charge in [0.25, 0.3) is 0 Å². The molecule has 55 heavy (non-hydrogen) atoms. The molecule has 3 heterocycles. The molecule has 0 spiro atoms. The van der Waals surface area contributed by atoms with Gasteiger partial charge in [0.05, 0.1) is 0 Å². The molecule has 0 N–H and O–H groups in total.